The molecular weight excluding hydrogens is 148 g/mol. The van der Waals surface area contributed by atoms with Crippen molar-refractivity contribution in [3.8, 4) is 0 Å². The van der Waals surface area contributed by atoms with Gasteiger partial charge in [0.2, 0.25) is 0 Å². The maximum Gasteiger partial charge on any atom is 0.0501 e. The van der Waals surface area contributed by atoms with E-state index in [0.29, 0.717) is 12.1 Å². The van der Waals surface area contributed by atoms with Crippen LogP contribution in [-0.4, -0.2) is 25.3 Å². The van der Waals surface area contributed by atoms with Gasteiger partial charge in [-0.15, -0.1) is 0 Å². The van der Waals surface area contributed by atoms with Gasteiger partial charge in [-0.3, -0.25) is 4.99 Å². The highest BCUT2D eigenvalue weighted by molar-refractivity contribution is 5.24. The Morgan fingerprint density at radius 1 is 1.33 bits per heavy atom. The quantitative estimate of drug-likeness (QED) is 0.582. The van der Waals surface area contributed by atoms with E-state index < -0.39 is 0 Å². The molecule has 0 rings (SSSR count). The van der Waals surface area contributed by atoms with Gasteiger partial charge in [-0.1, -0.05) is 13.8 Å². The molecule has 0 aromatic heterocycles. The zero-order valence-corrected chi connectivity index (χ0v) is 8.64. The highest BCUT2D eigenvalue weighted by Crippen LogP contribution is 2.01. The molecule has 0 amide bonds. The molecule has 2 atom stereocenters. The molecule has 2 unspecified atom stereocenters. The third-order valence-corrected chi connectivity index (χ3v) is 2.31. The lowest BCUT2D eigenvalue weighted by atomic mass is 10.1. The number of nitrogens with zero attached hydrogens (tertiary/aromatic N) is 1. The van der Waals surface area contributed by atoms with Gasteiger partial charge in [-0.25, -0.2) is 0 Å². The third-order valence-electron chi connectivity index (χ3n) is 2.31. The van der Waals surface area contributed by atoms with Crippen LogP contribution in [-0.2, 0) is 0 Å². The maximum absolute atomic E-state index is 4.04. The fourth-order valence-corrected chi connectivity index (χ4v) is 1.07. The molecule has 1 N–H and O–H groups in total. The van der Waals surface area contributed by atoms with Gasteiger partial charge < -0.3 is 5.32 Å². The number of hydrogen-bond acceptors (Lipinski definition) is 2. The van der Waals surface area contributed by atoms with E-state index in [1.165, 1.54) is 6.42 Å². The highest BCUT2D eigenvalue weighted by atomic mass is 14.9. The van der Waals surface area contributed by atoms with Crippen molar-refractivity contribution in [2.24, 2.45) is 4.99 Å². The van der Waals surface area contributed by atoms with Crippen LogP contribution < -0.4 is 5.32 Å². The zero-order chi connectivity index (χ0) is 9.40. The van der Waals surface area contributed by atoms with Gasteiger partial charge in [0.1, 0.15) is 0 Å². The molecule has 0 radical (unpaired) electrons. The normalized spacial score (nSPS) is 15.6. The number of nitrogens with one attached hydrogen (secondary N) is 1. The van der Waals surface area contributed by atoms with Crippen LogP contribution in [0, 0.1) is 0 Å². The summed E-state index contributed by atoms with van der Waals surface area (Å²) in [6.07, 6.45) is 3.41. The minimum atomic E-state index is 0.446. The summed E-state index contributed by atoms with van der Waals surface area (Å²) in [4.78, 5) is 4.04. The van der Waals surface area contributed by atoms with Crippen molar-refractivity contribution in [2.45, 2.75) is 52.1 Å². The Labute approximate surface area is 76.5 Å². The van der Waals surface area contributed by atoms with E-state index in [1.807, 2.05) is 0 Å². The smallest absolute Gasteiger partial charge is 0.0501 e. The monoisotopic (exact) mass is 170 g/mol. The number of hydrogen-bond donors (Lipinski definition) is 1. The molecule has 0 fully saturated rings. The molecule has 0 bridgehead atoms. The molecule has 0 saturated heterocycles. The summed E-state index contributed by atoms with van der Waals surface area (Å²) in [7, 11) is 0. The standard InChI is InChI=1S/C10H22N2/c1-5-9(3)12-8-7-10(6-2)11-4/h9-10,12H,4-8H2,1-3H3. The lowest BCUT2D eigenvalue weighted by Gasteiger charge is -2.13. The molecule has 0 saturated carbocycles. The molecule has 0 heterocycles. The largest absolute Gasteiger partial charge is 0.314 e. The first-order valence-electron chi connectivity index (χ1n) is 4.93. The van der Waals surface area contributed by atoms with Crippen molar-refractivity contribution >= 4 is 6.72 Å². The molecule has 12 heavy (non-hydrogen) atoms. The first kappa shape index (κ1) is 11.6. The predicted molar refractivity (Wildman–Crippen MR) is 56.0 cm³/mol. The molecule has 0 aromatic rings. The lowest BCUT2D eigenvalue weighted by molar-refractivity contribution is 0.490. The van der Waals surface area contributed by atoms with Gasteiger partial charge in [0, 0.05) is 6.04 Å². The second kappa shape index (κ2) is 7.29. The van der Waals surface area contributed by atoms with Crippen LogP contribution in [0.25, 0.3) is 0 Å². The minimum Gasteiger partial charge on any atom is -0.314 e. The van der Waals surface area contributed by atoms with Crippen LogP contribution in [0.1, 0.15) is 40.0 Å². The molecule has 0 aromatic carbocycles. The summed E-state index contributed by atoms with van der Waals surface area (Å²) in [5.41, 5.74) is 0. The topological polar surface area (TPSA) is 24.4 Å². The molecule has 0 spiro atoms. The van der Waals surface area contributed by atoms with Crippen LogP contribution >= 0.6 is 0 Å². The van der Waals surface area contributed by atoms with Crippen LogP contribution in [0.4, 0.5) is 0 Å². The van der Waals surface area contributed by atoms with Crippen LogP contribution in [0.3, 0.4) is 0 Å². The fraction of sp³-hybridized carbons (Fsp3) is 0.900. The summed E-state index contributed by atoms with van der Waals surface area (Å²) < 4.78 is 0. The molecular formula is C10H22N2. The van der Waals surface area contributed by atoms with Crippen LogP contribution in [0.15, 0.2) is 4.99 Å². The van der Waals surface area contributed by atoms with E-state index >= 15 is 0 Å². The Bertz CT molecular complexity index is 112. The molecule has 0 aliphatic rings. The van der Waals surface area contributed by atoms with Crippen molar-refractivity contribution in [2.75, 3.05) is 6.54 Å². The van der Waals surface area contributed by atoms with Gasteiger partial charge in [0.15, 0.2) is 0 Å². The van der Waals surface area contributed by atoms with E-state index in [9.17, 15) is 0 Å². The summed E-state index contributed by atoms with van der Waals surface area (Å²) in [6, 6.07) is 1.08. The molecule has 0 aliphatic carbocycles. The van der Waals surface area contributed by atoms with Gasteiger partial charge in [-0.05, 0) is 39.4 Å². The van der Waals surface area contributed by atoms with Crippen molar-refractivity contribution in [1.29, 1.82) is 0 Å². The number of aliphatic imine (C=N–C) groups is 1. The summed E-state index contributed by atoms with van der Waals surface area (Å²) in [5, 5.41) is 3.44. The third kappa shape index (κ3) is 5.30. The van der Waals surface area contributed by atoms with Crippen LogP contribution in [0.2, 0.25) is 0 Å². The SMILES string of the molecule is C=NC(CC)CCNC(C)CC. The summed E-state index contributed by atoms with van der Waals surface area (Å²) in [6.45, 7) is 11.2. The van der Waals surface area contributed by atoms with Gasteiger partial charge in [0.05, 0.1) is 6.04 Å². The van der Waals surface area contributed by atoms with E-state index in [-0.39, 0.29) is 0 Å². The average molecular weight is 170 g/mol. The first-order valence-corrected chi connectivity index (χ1v) is 4.93. The Kier molecular flexibility index (Phi) is 7.06. The highest BCUT2D eigenvalue weighted by Gasteiger charge is 2.02. The van der Waals surface area contributed by atoms with E-state index in [2.05, 4.69) is 37.8 Å². The fourth-order valence-electron chi connectivity index (χ4n) is 1.07. The van der Waals surface area contributed by atoms with Crippen LogP contribution in [0.5, 0.6) is 0 Å². The Morgan fingerprint density at radius 3 is 2.42 bits per heavy atom. The van der Waals surface area contributed by atoms with Crippen molar-refractivity contribution in [1.82, 2.24) is 5.32 Å². The van der Waals surface area contributed by atoms with Crippen molar-refractivity contribution in [3.63, 3.8) is 0 Å². The number of rotatable bonds is 7. The van der Waals surface area contributed by atoms with Gasteiger partial charge >= 0.3 is 0 Å². The first-order chi connectivity index (χ1) is 5.74. The average Bonchev–Trinajstić information content (AvgIpc) is 2.12. The van der Waals surface area contributed by atoms with E-state index in [0.717, 1.165) is 19.4 Å². The Hall–Kier alpha value is -0.370. The molecule has 72 valence electrons. The maximum atomic E-state index is 4.04. The van der Waals surface area contributed by atoms with E-state index in [1.54, 1.807) is 0 Å². The lowest BCUT2D eigenvalue weighted by Crippen LogP contribution is -2.28. The van der Waals surface area contributed by atoms with Gasteiger partial charge in [0.25, 0.3) is 0 Å². The molecule has 2 heteroatoms. The Balaban J connectivity index is 3.34. The summed E-state index contributed by atoms with van der Waals surface area (Å²) in [5.74, 6) is 0. The molecule has 2 nitrogen and oxygen atoms in total. The second-order valence-corrected chi connectivity index (χ2v) is 3.30. The zero-order valence-electron chi connectivity index (χ0n) is 8.64. The van der Waals surface area contributed by atoms with E-state index in [4.69, 9.17) is 0 Å². The minimum absolute atomic E-state index is 0.446. The van der Waals surface area contributed by atoms with Crippen molar-refractivity contribution < 1.29 is 0 Å². The van der Waals surface area contributed by atoms with Crippen molar-refractivity contribution in [3.05, 3.63) is 0 Å². The predicted octanol–water partition coefficient (Wildman–Crippen LogP) is 2.24. The van der Waals surface area contributed by atoms with Gasteiger partial charge in [-0.2, -0.15) is 0 Å². The molecule has 0 aliphatic heterocycles. The Morgan fingerprint density at radius 2 is 2.00 bits per heavy atom. The second-order valence-electron chi connectivity index (χ2n) is 3.30. The summed E-state index contributed by atoms with van der Waals surface area (Å²) >= 11 is 0.